The van der Waals surface area contributed by atoms with Crippen molar-refractivity contribution in [1.29, 1.82) is 0 Å². The molecule has 0 saturated carbocycles. The maximum atomic E-state index is 8.47. The van der Waals surface area contributed by atoms with Gasteiger partial charge in [-0.25, -0.2) is 9.67 Å². The molecular formula is C9H15N5O2. The second kappa shape index (κ2) is 4.48. The smallest absolute Gasteiger partial charge is 0.219 e. The van der Waals surface area contributed by atoms with E-state index in [4.69, 9.17) is 15.7 Å². The monoisotopic (exact) mass is 225 g/mol. The highest BCUT2D eigenvalue weighted by Gasteiger charge is 2.22. The Bertz CT molecular complexity index is 389. The molecule has 1 aliphatic heterocycles. The van der Waals surface area contributed by atoms with Crippen LogP contribution in [0.2, 0.25) is 0 Å². The molecule has 2 atom stereocenters. The molecule has 0 spiro atoms. The van der Waals surface area contributed by atoms with Gasteiger partial charge in [0.15, 0.2) is 0 Å². The molecule has 16 heavy (non-hydrogen) atoms. The van der Waals surface area contributed by atoms with Gasteiger partial charge in [-0.3, -0.25) is 0 Å². The Balaban J connectivity index is 1.98. The van der Waals surface area contributed by atoms with Crippen LogP contribution >= 0.6 is 0 Å². The molecule has 1 fully saturated rings. The summed E-state index contributed by atoms with van der Waals surface area (Å²) >= 11 is 0. The van der Waals surface area contributed by atoms with E-state index in [9.17, 15) is 0 Å². The SMILES string of the molecule is CC1CCC(Cn2cnc(C(N)=NO)n2)O1. The molecular weight excluding hydrogens is 210 g/mol. The van der Waals surface area contributed by atoms with Crippen molar-refractivity contribution in [2.75, 3.05) is 0 Å². The van der Waals surface area contributed by atoms with E-state index < -0.39 is 0 Å². The molecule has 1 aromatic heterocycles. The minimum Gasteiger partial charge on any atom is -0.409 e. The molecule has 0 aliphatic carbocycles. The molecule has 1 aliphatic rings. The second-order valence-electron chi connectivity index (χ2n) is 3.92. The average Bonchev–Trinajstić information content (AvgIpc) is 2.87. The van der Waals surface area contributed by atoms with Crippen LogP contribution in [0.3, 0.4) is 0 Å². The van der Waals surface area contributed by atoms with Crippen LogP contribution < -0.4 is 5.73 Å². The lowest BCUT2D eigenvalue weighted by molar-refractivity contribution is 0.0436. The van der Waals surface area contributed by atoms with Crippen LogP contribution in [0.4, 0.5) is 0 Å². The predicted molar refractivity (Wildman–Crippen MR) is 56.1 cm³/mol. The van der Waals surface area contributed by atoms with Gasteiger partial charge in [0.1, 0.15) is 6.33 Å². The molecule has 7 nitrogen and oxygen atoms in total. The van der Waals surface area contributed by atoms with Crippen molar-refractivity contribution in [2.45, 2.75) is 38.5 Å². The maximum absolute atomic E-state index is 8.47. The third-order valence-corrected chi connectivity index (χ3v) is 2.58. The van der Waals surface area contributed by atoms with Crippen LogP contribution in [0.25, 0.3) is 0 Å². The van der Waals surface area contributed by atoms with E-state index >= 15 is 0 Å². The first kappa shape index (κ1) is 10.9. The van der Waals surface area contributed by atoms with Gasteiger partial charge in [-0.15, -0.1) is 5.10 Å². The summed E-state index contributed by atoms with van der Waals surface area (Å²) in [5, 5.41) is 15.4. The first-order valence-electron chi connectivity index (χ1n) is 5.22. The number of hydrogen-bond donors (Lipinski definition) is 2. The zero-order chi connectivity index (χ0) is 11.5. The summed E-state index contributed by atoms with van der Waals surface area (Å²) in [5.74, 6) is 0.146. The number of nitrogens with two attached hydrogens (primary N) is 1. The summed E-state index contributed by atoms with van der Waals surface area (Å²) in [5.41, 5.74) is 5.37. The number of hydrogen-bond acceptors (Lipinski definition) is 5. The molecule has 3 N–H and O–H groups in total. The number of aromatic nitrogens is 3. The fourth-order valence-corrected chi connectivity index (χ4v) is 1.77. The molecule has 0 bridgehead atoms. The van der Waals surface area contributed by atoms with E-state index in [0.717, 1.165) is 12.8 Å². The summed E-state index contributed by atoms with van der Waals surface area (Å²) in [7, 11) is 0. The van der Waals surface area contributed by atoms with Crippen LogP contribution in [0, 0.1) is 0 Å². The largest absolute Gasteiger partial charge is 0.409 e. The third kappa shape index (κ3) is 2.30. The number of amidine groups is 1. The van der Waals surface area contributed by atoms with Crippen LogP contribution in [0.5, 0.6) is 0 Å². The van der Waals surface area contributed by atoms with Crippen LogP contribution in [0.15, 0.2) is 11.5 Å². The molecule has 0 radical (unpaired) electrons. The van der Waals surface area contributed by atoms with Gasteiger partial charge in [0.2, 0.25) is 11.7 Å². The summed E-state index contributed by atoms with van der Waals surface area (Å²) < 4.78 is 7.31. The summed E-state index contributed by atoms with van der Waals surface area (Å²) in [6.07, 6.45) is 4.15. The zero-order valence-electron chi connectivity index (χ0n) is 9.08. The fraction of sp³-hybridized carbons (Fsp3) is 0.667. The van der Waals surface area contributed by atoms with E-state index in [1.165, 1.54) is 0 Å². The predicted octanol–water partition coefficient (Wildman–Crippen LogP) is -0.0599. The first-order valence-corrected chi connectivity index (χ1v) is 5.22. The zero-order valence-corrected chi connectivity index (χ0v) is 9.08. The van der Waals surface area contributed by atoms with E-state index in [-0.39, 0.29) is 17.8 Å². The molecule has 88 valence electrons. The van der Waals surface area contributed by atoms with Gasteiger partial charge >= 0.3 is 0 Å². The summed E-state index contributed by atoms with van der Waals surface area (Å²) in [6, 6.07) is 0. The minimum absolute atomic E-state index is 0.0838. The van der Waals surface area contributed by atoms with Crippen molar-refractivity contribution in [3.8, 4) is 0 Å². The maximum Gasteiger partial charge on any atom is 0.219 e. The Kier molecular flexibility index (Phi) is 3.04. The Morgan fingerprint density at radius 3 is 3.19 bits per heavy atom. The highest BCUT2D eigenvalue weighted by Crippen LogP contribution is 2.19. The Hall–Kier alpha value is -1.63. The standard InChI is InChI=1S/C9H15N5O2/c1-6-2-3-7(16-6)4-14-5-11-9(12-14)8(10)13-15/h5-7,15H,2-4H2,1H3,(H2,10,13). The van der Waals surface area contributed by atoms with Crippen molar-refractivity contribution in [3.05, 3.63) is 12.2 Å². The lowest BCUT2D eigenvalue weighted by Crippen LogP contribution is -2.19. The van der Waals surface area contributed by atoms with E-state index in [0.29, 0.717) is 12.6 Å². The first-order chi connectivity index (χ1) is 7.69. The fourth-order valence-electron chi connectivity index (χ4n) is 1.77. The number of oxime groups is 1. The van der Waals surface area contributed by atoms with E-state index in [1.54, 1.807) is 11.0 Å². The van der Waals surface area contributed by atoms with Crippen molar-refractivity contribution >= 4 is 5.84 Å². The Labute approximate surface area is 92.9 Å². The molecule has 2 rings (SSSR count). The van der Waals surface area contributed by atoms with Crippen LogP contribution in [-0.2, 0) is 11.3 Å². The van der Waals surface area contributed by atoms with Crippen molar-refractivity contribution in [2.24, 2.45) is 10.9 Å². The van der Waals surface area contributed by atoms with Crippen molar-refractivity contribution in [3.63, 3.8) is 0 Å². The number of rotatable bonds is 3. The van der Waals surface area contributed by atoms with Gasteiger partial charge in [-0.05, 0) is 19.8 Å². The normalized spacial score (nSPS) is 26.2. The highest BCUT2D eigenvalue weighted by molar-refractivity contribution is 5.93. The average molecular weight is 225 g/mol. The molecule has 1 saturated heterocycles. The van der Waals surface area contributed by atoms with Gasteiger partial charge in [0.25, 0.3) is 0 Å². The van der Waals surface area contributed by atoms with Crippen LogP contribution in [-0.4, -0.2) is 38.0 Å². The van der Waals surface area contributed by atoms with Gasteiger partial charge < -0.3 is 15.7 Å². The molecule has 2 heterocycles. The third-order valence-electron chi connectivity index (χ3n) is 2.58. The topological polar surface area (TPSA) is 98.6 Å². The summed E-state index contributed by atoms with van der Waals surface area (Å²) in [4.78, 5) is 3.93. The summed E-state index contributed by atoms with van der Waals surface area (Å²) in [6.45, 7) is 2.71. The number of nitrogens with zero attached hydrogens (tertiary/aromatic N) is 4. The van der Waals surface area contributed by atoms with Gasteiger partial charge in [0.05, 0.1) is 18.8 Å². The van der Waals surface area contributed by atoms with Crippen molar-refractivity contribution < 1.29 is 9.94 Å². The lowest BCUT2D eigenvalue weighted by Gasteiger charge is -2.09. The van der Waals surface area contributed by atoms with Gasteiger partial charge in [-0.2, -0.15) is 0 Å². The van der Waals surface area contributed by atoms with E-state index in [2.05, 4.69) is 22.2 Å². The van der Waals surface area contributed by atoms with Crippen molar-refractivity contribution in [1.82, 2.24) is 14.8 Å². The lowest BCUT2D eigenvalue weighted by atomic mass is 10.2. The second-order valence-corrected chi connectivity index (χ2v) is 3.92. The molecule has 7 heteroatoms. The molecule has 0 aromatic carbocycles. The molecule has 1 aromatic rings. The quantitative estimate of drug-likeness (QED) is 0.325. The Morgan fingerprint density at radius 2 is 2.56 bits per heavy atom. The minimum atomic E-state index is -0.0838. The number of ether oxygens (including phenoxy) is 1. The molecule has 2 unspecified atom stereocenters. The van der Waals surface area contributed by atoms with E-state index in [1.807, 2.05) is 0 Å². The highest BCUT2D eigenvalue weighted by atomic mass is 16.5. The Morgan fingerprint density at radius 1 is 1.75 bits per heavy atom. The van der Waals surface area contributed by atoms with Crippen LogP contribution in [0.1, 0.15) is 25.6 Å². The molecule has 0 amide bonds. The van der Waals surface area contributed by atoms with Gasteiger partial charge in [-0.1, -0.05) is 5.16 Å². The van der Waals surface area contributed by atoms with Gasteiger partial charge in [0, 0.05) is 0 Å².